The Hall–Kier alpha value is 0.270. The molecule has 2 aliphatic carbocycles. The fourth-order valence-electron chi connectivity index (χ4n) is 4.20. The third-order valence-corrected chi connectivity index (χ3v) is 6.76. The SMILES string of the molecule is CC1CCCC(CNC2CC2)(CN2CCSCC2C)C1. The molecular formula is C17H32N2S. The Bertz CT molecular complexity index is 318. The van der Waals surface area contributed by atoms with Gasteiger partial charge >= 0.3 is 0 Å². The van der Waals surface area contributed by atoms with Crippen molar-refractivity contribution >= 4 is 11.8 Å². The Kier molecular flexibility index (Phi) is 4.99. The predicted octanol–water partition coefficient (Wildman–Crippen LogP) is 3.37. The van der Waals surface area contributed by atoms with Crippen molar-refractivity contribution < 1.29 is 0 Å². The van der Waals surface area contributed by atoms with Crippen molar-refractivity contribution in [2.45, 2.75) is 64.5 Å². The van der Waals surface area contributed by atoms with Gasteiger partial charge in [0.1, 0.15) is 0 Å². The van der Waals surface area contributed by atoms with Crippen molar-refractivity contribution in [3.8, 4) is 0 Å². The first-order chi connectivity index (χ1) is 9.67. The summed E-state index contributed by atoms with van der Waals surface area (Å²) in [6, 6.07) is 1.64. The lowest BCUT2D eigenvalue weighted by atomic mass is 9.69. The molecule has 1 heterocycles. The smallest absolute Gasteiger partial charge is 0.0158 e. The lowest BCUT2D eigenvalue weighted by Crippen LogP contribution is -2.51. The average molecular weight is 297 g/mol. The number of rotatable bonds is 5. The Balaban J connectivity index is 1.63. The molecule has 0 spiro atoms. The van der Waals surface area contributed by atoms with Gasteiger partial charge in [-0.2, -0.15) is 11.8 Å². The zero-order chi connectivity index (χ0) is 14.0. The standard InChI is InChI=1S/C17H32N2S/c1-14-4-3-7-17(10-14,12-18-16-5-6-16)13-19-8-9-20-11-15(19)2/h14-16,18H,3-13H2,1-2H3. The molecule has 0 aromatic carbocycles. The fourth-order valence-corrected chi connectivity index (χ4v) is 5.29. The van der Waals surface area contributed by atoms with Crippen LogP contribution in [0.4, 0.5) is 0 Å². The summed E-state index contributed by atoms with van der Waals surface area (Å²) < 4.78 is 0. The summed E-state index contributed by atoms with van der Waals surface area (Å²) >= 11 is 2.14. The van der Waals surface area contributed by atoms with Gasteiger partial charge in [-0.15, -0.1) is 0 Å². The monoisotopic (exact) mass is 296 g/mol. The van der Waals surface area contributed by atoms with Crippen molar-refractivity contribution in [3.63, 3.8) is 0 Å². The van der Waals surface area contributed by atoms with Gasteiger partial charge < -0.3 is 5.32 Å². The normalized spacial score (nSPS) is 39.9. The quantitative estimate of drug-likeness (QED) is 0.837. The maximum atomic E-state index is 3.86. The van der Waals surface area contributed by atoms with Crippen LogP contribution < -0.4 is 5.32 Å². The maximum Gasteiger partial charge on any atom is 0.0158 e. The van der Waals surface area contributed by atoms with Crippen LogP contribution in [0.1, 0.15) is 52.4 Å². The summed E-state index contributed by atoms with van der Waals surface area (Å²) in [5.74, 6) is 3.60. The molecule has 0 aromatic heterocycles. The van der Waals surface area contributed by atoms with Gasteiger partial charge in [0.15, 0.2) is 0 Å². The van der Waals surface area contributed by atoms with Gasteiger partial charge in [0.05, 0.1) is 0 Å². The molecular weight excluding hydrogens is 264 g/mol. The number of nitrogens with zero attached hydrogens (tertiary/aromatic N) is 1. The van der Waals surface area contributed by atoms with Crippen LogP contribution in [0.2, 0.25) is 0 Å². The van der Waals surface area contributed by atoms with E-state index in [1.807, 2.05) is 0 Å². The van der Waals surface area contributed by atoms with Crippen LogP contribution in [0.5, 0.6) is 0 Å². The van der Waals surface area contributed by atoms with Crippen molar-refractivity contribution in [3.05, 3.63) is 0 Å². The van der Waals surface area contributed by atoms with Crippen LogP contribution in [0.15, 0.2) is 0 Å². The first-order valence-corrected chi connectivity index (χ1v) is 9.88. The molecule has 3 heteroatoms. The molecule has 116 valence electrons. The van der Waals surface area contributed by atoms with E-state index in [1.165, 1.54) is 69.7 Å². The van der Waals surface area contributed by atoms with E-state index >= 15 is 0 Å². The van der Waals surface area contributed by atoms with Gasteiger partial charge in [-0.25, -0.2) is 0 Å². The molecule has 1 aliphatic heterocycles. The Labute approximate surface area is 129 Å². The van der Waals surface area contributed by atoms with Gasteiger partial charge in [0, 0.05) is 43.2 Å². The van der Waals surface area contributed by atoms with E-state index in [0.29, 0.717) is 5.41 Å². The molecule has 3 aliphatic rings. The van der Waals surface area contributed by atoms with Gasteiger partial charge in [0.25, 0.3) is 0 Å². The average Bonchev–Trinajstić information content (AvgIpc) is 3.24. The molecule has 1 N–H and O–H groups in total. The zero-order valence-corrected chi connectivity index (χ0v) is 14.2. The highest BCUT2D eigenvalue weighted by Gasteiger charge is 2.38. The zero-order valence-electron chi connectivity index (χ0n) is 13.4. The Morgan fingerprint density at radius 2 is 2.10 bits per heavy atom. The highest BCUT2D eigenvalue weighted by Crippen LogP contribution is 2.41. The second-order valence-corrected chi connectivity index (χ2v) is 8.90. The molecule has 0 bridgehead atoms. The van der Waals surface area contributed by atoms with E-state index in [0.717, 1.165) is 18.0 Å². The minimum atomic E-state index is 0.566. The van der Waals surface area contributed by atoms with Crippen LogP contribution in [-0.2, 0) is 0 Å². The third-order valence-electron chi connectivity index (χ3n) is 5.57. The number of thioether (sulfide) groups is 1. The maximum absolute atomic E-state index is 3.86. The van der Waals surface area contributed by atoms with E-state index in [2.05, 4.69) is 35.8 Å². The number of nitrogens with one attached hydrogen (secondary N) is 1. The van der Waals surface area contributed by atoms with E-state index in [-0.39, 0.29) is 0 Å². The van der Waals surface area contributed by atoms with Gasteiger partial charge in [-0.3, -0.25) is 4.90 Å². The summed E-state index contributed by atoms with van der Waals surface area (Å²) in [6.45, 7) is 8.84. The van der Waals surface area contributed by atoms with Crippen LogP contribution in [-0.4, -0.2) is 48.1 Å². The van der Waals surface area contributed by atoms with Gasteiger partial charge in [0.2, 0.25) is 0 Å². The second kappa shape index (κ2) is 6.58. The van der Waals surface area contributed by atoms with E-state index in [4.69, 9.17) is 0 Å². The van der Waals surface area contributed by atoms with E-state index in [9.17, 15) is 0 Å². The molecule has 3 atom stereocenters. The minimum absolute atomic E-state index is 0.566. The Morgan fingerprint density at radius 1 is 1.25 bits per heavy atom. The largest absolute Gasteiger partial charge is 0.313 e. The van der Waals surface area contributed by atoms with E-state index in [1.54, 1.807) is 0 Å². The first kappa shape index (κ1) is 15.2. The van der Waals surface area contributed by atoms with Crippen LogP contribution in [0, 0.1) is 11.3 Å². The van der Waals surface area contributed by atoms with Crippen molar-refractivity contribution in [2.24, 2.45) is 11.3 Å². The van der Waals surface area contributed by atoms with Crippen LogP contribution in [0.3, 0.4) is 0 Å². The van der Waals surface area contributed by atoms with Crippen LogP contribution >= 0.6 is 11.8 Å². The summed E-state index contributed by atoms with van der Waals surface area (Å²) in [6.07, 6.45) is 8.64. The summed E-state index contributed by atoms with van der Waals surface area (Å²) in [7, 11) is 0. The molecule has 3 fully saturated rings. The molecule has 3 rings (SSSR count). The Morgan fingerprint density at radius 3 is 2.80 bits per heavy atom. The van der Waals surface area contributed by atoms with Crippen molar-refractivity contribution in [2.75, 3.05) is 31.1 Å². The second-order valence-electron chi connectivity index (χ2n) is 7.75. The first-order valence-electron chi connectivity index (χ1n) is 8.72. The molecule has 0 aromatic rings. The van der Waals surface area contributed by atoms with Crippen molar-refractivity contribution in [1.29, 1.82) is 0 Å². The summed E-state index contributed by atoms with van der Waals surface area (Å²) in [5, 5.41) is 3.86. The summed E-state index contributed by atoms with van der Waals surface area (Å²) in [5.41, 5.74) is 0.566. The highest BCUT2D eigenvalue weighted by molar-refractivity contribution is 7.99. The predicted molar refractivity (Wildman–Crippen MR) is 89.4 cm³/mol. The number of hydrogen-bond acceptors (Lipinski definition) is 3. The van der Waals surface area contributed by atoms with Crippen LogP contribution in [0.25, 0.3) is 0 Å². The molecule has 3 unspecified atom stereocenters. The number of hydrogen-bond donors (Lipinski definition) is 1. The molecule has 2 nitrogen and oxygen atoms in total. The lowest BCUT2D eigenvalue weighted by Gasteiger charge is -2.46. The highest BCUT2D eigenvalue weighted by atomic mass is 32.2. The fraction of sp³-hybridized carbons (Fsp3) is 1.00. The van der Waals surface area contributed by atoms with E-state index < -0.39 is 0 Å². The molecule has 0 amide bonds. The molecule has 0 radical (unpaired) electrons. The molecule has 1 saturated heterocycles. The lowest BCUT2D eigenvalue weighted by molar-refractivity contribution is 0.0673. The minimum Gasteiger partial charge on any atom is -0.313 e. The topological polar surface area (TPSA) is 15.3 Å². The van der Waals surface area contributed by atoms with Gasteiger partial charge in [-0.1, -0.05) is 19.8 Å². The third kappa shape index (κ3) is 3.92. The molecule has 2 saturated carbocycles. The summed E-state index contributed by atoms with van der Waals surface area (Å²) in [4.78, 5) is 2.79. The molecule has 20 heavy (non-hydrogen) atoms. The van der Waals surface area contributed by atoms with Crippen molar-refractivity contribution in [1.82, 2.24) is 10.2 Å². The van der Waals surface area contributed by atoms with Gasteiger partial charge in [-0.05, 0) is 43.9 Å².